The Morgan fingerprint density at radius 1 is 1.05 bits per heavy atom. The Kier molecular flexibility index (Phi) is 4.44. The minimum atomic E-state index is -0.0954. The molecule has 0 fully saturated rings. The van der Waals surface area contributed by atoms with E-state index in [1.165, 1.54) is 5.56 Å². The van der Waals surface area contributed by atoms with E-state index >= 15 is 0 Å². The zero-order valence-electron chi connectivity index (χ0n) is 13.3. The Labute approximate surface area is 117 Å². The molecule has 1 rings (SSSR count). The molecule has 1 aromatic rings. The quantitative estimate of drug-likeness (QED) is 0.738. The van der Waals surface area contributed by atoms with Crippen LogP contribution in [0.2, 0.25) is 0 Å². The highest BCUT2D eigenvalue weighted by atomic mass is 16.3. The number of hydrogen-bond acceptors (Lipinski definition) is 2. The summed E-state index contributed by atoms with van der Waals surface area (Å²) in [5.74, 6) is 0.310. The molecular weight excluding hydrogens is 234 g/mol. The lowest BCUT2D eigenvalue weighted by Gasteiger charge is -2.26. The average molecular weight is 261 g/mol. The Hall–Kier alpha value is -1.31. The van der Waals surface area contributed by atoms with E-state index in [-0.39, 0.29) is 10.8 Å². The van der Waals surface area contributed by atoms with Crippen LogP contribution in [0.5, 0.6) is 5.75 Å². The van der Waals surface area contributed by atoms with E-state index in [0.29, 0.717) is 11.4 Å². The Bertz CT molecular complexity index is 473. The van der Waals surface area contributed by atoms with Gasteiger partial charge in [0.25, 0.3) is 0 Å². The maximum atomic E-state index is 10.4. The Morgan fingerprint density at radius 3 is 2.05 bits per heavy atom. The number of phenols is 1. The molecule has 0 spiro atoms. The van der Waals surface area contributed by atoms with Crippen LogP contribution >= 0.6 is 0 Å². The van der Waals surface area contributed by atoms with Crippen LogP contribution in [0.25, 0.3) is 0 Å². The highest BCUT2D eigenvalue weighted by Gasteiger charge is 2.24. The molecule has 0 radical (unpaired) electrons. The Balaban J connectivity index is 3.52. The van der Waals surface area contributed by atoms with Crippen LogP contribution in [0, 0.1) is 0 Å². The summed E-state index contributed by atoms with van der Waals surface area (Å²) < 4.78 is 0. The fraction of sp³-hybridized carbons (Fsp3) is 0.588. The van der Waals surface area contributed by atoms with Gasteiger partial charge in [0, 0.05) is 11.8 Å². The molecule has 0 unspecified atom stereocenters. The van der Waals surface area contributed by atoms with Crippen molar-refractivity contribution >= 4 is 11.9 Å². The second kappa shape index (κ2) is 5.36. The van der Waals surface area contributed by atoms with Crippen molar-refractivity contribution in [3.05, 3.63) is 23.3 Å². The molecule has 2 heteroatoms. The van der Waals surface area contributed by atoms with Crippen molar-refractivity contribution in [2.45, 2.75) is 65.7 Å². The maximum Gasteiger partial charge on any atom is 0.144 e. The van der Waals surface area contributed by atoms with E-state index in [9.17, 15) is 5.11 Å². The van der Waals surface area contributed by atoms with Crippen molar-refractivity contribution in [2.24, 2.45) is 4.99 Å². The van der Waals surface area contributed by atoms with Gasteiger partial charge in [-0.05, 0) is 28.9 Å². The van der Waals surface area contributed by atoms with Crippen molar-refractivity contribution in [2.75, 3.05) is 0 Å². The number of hydrogen-bond donors (Lipinski definition) is 1. The van der Waals surface area contributed by atoms with Gasteiger partial charge in [-0.3, -0.25) is 4.99 Å². The van der Waals surface area contributed by atoms with Crippen LogP contribution in [0.15, 0.2) is 17.1 Å². The van der Waals surface area contributed by atoms with E-state index < -0.39 is 0 Å². The molecule has 0 heterocycles. The van der Waals surface area contributed by atoms with Crippen LogP contribution in [0.4, 0.5) is 5.69 Å². The SMILES string of the molecule is CCC=Nc1cc(C(C)(C)C)cc(C(C)(C)C)c1O. The van der Waals surface area contributed by atoms with Crippen molar-refractivity contribution < 1.29 is 5.11 Å². The molecule has 0 saturated heterocycles. The van der Waals surface area contributed by atoms with Gasteiger partial charge in [0.05, 0.1) is 0 Å². The summed E-state index contributed by atoms with van der Waals surface area (Å²) in [7, 11) is 0. The van der Waals surface area contributed by atoms with Gasteiger partial charge in [0.1, 0.15) is 11.4 Å². The number of benzene rings is 1. The van der Waals surface area contributed by atoms with Crippen molar-refractivity contribution in [1.29, 1.82) is 0 Å². The second-order valence-electron chi connectivity index (χ2n) is 7.11. The fourth-order valence-electron chi connectivity index (χ4n) is 1.91. The molecule has 19 heavy (non-hydrogen) atoms. The summed E-state index contributed by atoms with van der Waals surface area (Å²) in [5, 5.41) is 10.4. The minimum Gasteiger partial charge on any atom is -0.505 e. The first-order valence-electron chi connectivity index (χ1n) is 6.98. The van der Waals surface area contributed by atoms with E-state index in [4.69, 9.17) is 0 Å². The first kappa shape index (κ1) is 15.7. The lowest BCUT2D eigenvalue weighted by Crippen LogP contribution is -2.16. The summed E-state index contributed by atoms with van der Waals surface area (Å²) in [5.41, 5.74) is 2.80. The van der Waals surface area contributed by atoms with Gasteiger partial charge in [-0.15, -0.1) is 0 Å². The van der Waals surface area contributed by atoms with E-state index in [1.807, 2.05) is 19.2 Å². The predicted octanol–water partition coefficient (Wildman–Crippen LogP) is 5.10. The molecule has 0 aliphatic carbocycles. The molecule has 0 saturated carbocycles. The molecule has 1 N–H and O–H groups in total. The monoisotopic (exact) mass is 261 g/mol. The molecule has 0 aliphatic heterocycles. The summed E-state index contributed by atoms with van der Waals surface area (Å²) in [6.45, 7) is 14.9. The molecule has 106 valence electrons. The number of aliphatic imine (C=N–C) groups is 1. The van der Waals surface area contributed by atoms with Crippen molar-refractivity contribution in [3.8, 4) is 5.75 Å². The number of phenolic OH excluding ortho intramolecular Hbond substituents is 1. The van der Waals surface area contributed by atoms with Crippen molar-refractivity contribution in [1.82, 2.24) is 0 Å². The van der Waals surface area contributed by atoms with Crippen LogP contribution in [0.3, 0.4) is 0 Å². The van der Waals surface area contributed by atoms with Gasteiger partial charge in [-0.2, -0.15) is 0 Å². The van der Waals surface area contributed by atoms with E-state index in [2.05, 4.69) is 52.6 Å². The van der Waals surface area contributed by atoms with Crippen LogP contribution in [0.1, 0.15) is 66.0 Å². The Morgan fingerprint density at radius 2 is 1.63 bits per heavy atom. The summed E-state index contributed by atoms with van der Waals surface area (Å²) in [6.07, 6.45) is 2.71. The highest BCUT2D eigenvalue weighted by Crippen LogP contribution is 2.41. The molecule has 1 aromatic carbocycles. The minimum absolute atomic E-state index is 0.0458. The highest BCUT2D eigenvalue weighted by molar-refractivity contribution is 5.69. The zero-order valence-corrected chi connectivity index (χ0v) is 13.3. The largest absolute Gasteiger partial charge is 0.505 e. The number of nitrogens with zero attached hydrogens (tertiary/aromatic N) is 1. The number of aromatic hydroxyl groups is 1. The third kappa shape index (κ3) is 3.82. The third-order valence-electron chi connectivity index (χ3n) is 3.18. The molecule has 0 aromatic heterocycles. The second-order valence-corrected chi connectivity index (χ2v) is 7.11. The van der Waals surface area contributed by atoms with Crippen LogP contribution < -0.4 is 0 Å². The molecule has 0 bridgehead atoms. The lowest BCUT2D eigenvalue weighted by molar-refractivity contribution is 0.446. The lowest BCUT2D eigenvalue weighted by atomic mass is 9.80. The summed E-state index contributed by atoms with van der Waals surface area (Å²) in [4.78, 5) is 4.40. The van der Waals surface area contributed by atoms with Gasteiger partial charge in [-0.25, -0.2) is 0 Å². The van der Waals surface area contributed by atoms with Gasteiger partial charge < -0.3 is 5.11 Å². The normalized spacial score (nSPS) is 13.2. The average Bonchev–Trinajstić information content (AvgIpc) is 2.24. The molecule has 0 aliphatic rings. The molecule has 0 amide bonds. The first-order valence-corrected chi connectivity index (χ1v) is 6.98. The van der Waals surface area contributed by atoms with Crippen molar-refractivity contribution in [3.63, 3.8) is 0 Å². The topological polar surface area (TPSA) is 32.6 Å². The number of rotatable bonds is 2. The zero-order chi connectivity index (χ0) is 14.8. The molecule has 0 atom stereocenters. The standard InChI is InChI=1S/C17H27NO/c1-8-9-18-14-11-12(16(2,3)4)10-13(15(14)19)17(5,6)7/h9-11,19H,8H2,1-7H3. The summed E-state index contributed by atoms with van der Waals surface area (Å²) in [6, 6.07) is 4.11. The molecule has 2 nitrogen and oxygen atoms in total. The van der Waals surface area contributed by atoms with Crippen LogP contribution in [-0.2, 0) is 10.8 Å². The van der Waals surface area contributed by atoms with Gasteiger partial charge in [0.2, 0.25) is 0 Å². The summed E-state index contributed by atoms with van der Waals surface area (Å²) >= 11 is 0. The third-order valence-corrected chi connectivity index (χ3v) is 3.18. The van der Waals surface area contributed by atoms with E-state index in [0.717, 1.165) is 12.0 Å². The van der Waals surface area contributed by atoms with Crippen LogP contribution in [-0.4, -0.2) is 11.3 Å². The van der Waals surface area contributed by atoms with Gasteiger partial charge in [0.15, 0.2) is 0 Å². The smallest absolute Gasteiger partial charge is 0.144 e. The maximum absolute atomic E-state index is 10.4. The predicted molar refractivity (Wildman–Crippen MR) is 83.9 cm³/mol. The van der Waals surface area contributed by atoms with Gasteiger partial charge in [-0.1, -0.05) is 54.5 Å². The molecular formula is C17H27NO. The fourth-order valence-corrected chi connectivity index (χ4v) is 1.91. The van der Waals surface area contributed by atoms with E-state index in [1.54, 1.807) is 0 Å². The van der Waals surface area contributed by atoms with Gasteiger partial charge >= 0.3 is 0 Å². The first-order chi connectivity index (χ1) is 8.57.